The number of halogens is 2. The second-order valence-electron chi connectivity index (χ2n) is 7.03. The van der Waals surface area contributed by atoms with Crippen LogP contribution >= 0.6 is 11.3 Å². The van der Waals surface area contributed by atoms with Crippen molar-refractivity contribution in [2.24, 2.45) is 0 Å². The van der Waals surface area contributed by atoms with Gasteiger partial charge in [-0.3, -0.25) is 14.4 Å². The Balaban J connectivity index is 1.56. The normalized spacial score (nSPS) is 11.7. The molecular weight excluding hydrogens is 450 g/mol. The van der Waals surface area contributed by atoms with Gasteiger partial charge in [-0.15, -0.1) is 11.3 Å². The molecule has 0 bridgehead atoms. The molecule has 0 spiro atoms. The molecule has 166 valence electrons. The van der Waals surface area contributed by atoms with E-state index in [1.165, 1.54) is 60.0 Å². The molecular formula is C23H16F2N4O3S. The number of rotatable bonds is 6. The predicted molar refractivity (Wildman–Crippen MR) is 119 cm³/mol. The fourth-order valence-corrected chi connectivity index (χ4v) is 4.05. The van der Waals surface area contributed by atoms with E-state index in [4.69, 9.17) is 0 Å². The van der Waals surface area contributed by atoms with Crippen LogP contribution in [0, 0.1) is 11.6 Å². The van der Waals surface area contributed by atoms with Crippen LogP contribution in [-0.4, -0.2) is 27.0 Å². The number of thiazole rings is 1. The molecule has 4 aromatic rings. The Labute approximate surface area is 190 Å². The molecule has 2 aromatic heterocycles. The maximum Gasteiger partial charge on any atom is 0.272 e. The first-order valence-electron chi connectivity index (χ1n) is 9.74. The number of aldehydes is 1. The molecule has 2 heterocycles. The topological polar surface area (TPSA) is 93.9 Å². The first-order chi connectivity index (χ1) is 15.9. The second kappa shape index (κ2) is 9.21. The predicted octanol–water partition coefficient (Wildman–Crippen LogP) is 3.94. The summed E-state index contributed by atoms with van der Waals surface area (Å²) in [6, 6.07) is 11.3. The summed E-state index contributed by atoms with van der Waals surface area (Å²) in [4.78, 5) is 41.1. The highest BCUT2D eigenvalue weighted by Crippen LogP contribution is 2.31. The minimum absolute atomic E-state index is 0.0710. The number of carbonyl (C=O) groups is 2. The minimum Gasteiger partial charge on any atom is -0.343 e. The Morgan fingerprint density at radius 3 is 2.70 bits per heavy atom. The number of nitrogens with one attached hydrogen (secondary N) is 1. The fraction of sp³-hybridized carbons (Fsp3) is 0.0870. The highest BCUT2D eigenvalue weighted by Gasteiger charge is 2.18. The third kappa shape index (κ3) is 4.60. The first kappa shape index (κ1) is 22.2. The zero-order valence-corrected chi connectivity index (χ0v) is 18.0. The lowest BCUT2D eigenvalue weighted by Crippen LogP contribution is -2.30. The lowest BCUT2D eigenvalue weighted by atomic mass is 10.1. The average molecular weight is 466 g/mol. The highest BCUT2D eigenvalue weighted by atomic mass is 32.1. The van der Waals surface area contributed by atoms with Crippen LogP contribution in [0.4, 0.5) is 8.78 Å². The highest BCUT2D eigenvalue weighted by molar-refractivity contribution is 7.15. The molecule has 1 N–H and O–H groups in total. The van der Waals surface area contributed by atoms with Crippen LogP contribution in [0.15, 0.2) is 65.6 Å². The Morgan fingerprint density at radius 1 is 1.15 bits per heavy atom. The summed E-state index contributed by atoms with van der Waals surface area (Å²) in [5, 5.41) is 7.17. The van der Waals surface area contributed by atoms with E-state index < -0.39 is 29.1 Å². The molecule has 0 aliphatic heterocycles. The fourth-order valence-electron chi connectivity index (χ4n) is 3.10. The van der Waals surface area contributed by atoms with Crippen molar-refractivity contribution in [2.45, 2.75) is 13.0 Å². The van der Waals surface area contributed by atoms with Crippen LogP contribution in [0.25, 0.3) is 16.3 Å². The molecule has 1 amide bonds. The van der Waals surface area contributed by atoms with Gasteiger partial charge >= 0.3 is 0 Å². The molecule has 0 unspecified atom stereocenters. The quantitative estimate of drug-likeness (QED) is 0.435. The maximum atomic E-state index is 14.1. The maximum absolute atomic E-state index is 14.1. The van der Waals surface area contributed by atoms with E-state index in [2.05, 4.69) is 15.4 Å². The van der Waals surface area contributed by atoms with E-state index in [1.807, 2.05) is 0 Å². The number of benzene rings is 2. The second-order valence-corrected chi connectivity index (χ2v) is 8.09. The molecule has 33 heavy (non-hydrogen) atoms. The molecule has 1 atom stereocenters. The molecule has 0 fully saturated rings. The number of hydrogen-bond acceptors (Lipinski definition) is 6. The summed E-state index contributed by atoms with van der Waals surface area (Å²) in [7, 11) is 0. The van der Waals surface area contributed by atoms with Crippen molar-refractivity contribution >= 4 is 23.5 Å². The van der Waals surface area contributed by atoms with Crippen LogP contribution in [0.2, 0.25) is 0 Å². The van der Waals surface area contributed by atoms with E-state index in [0.29, 0.717) is 27.3 Å². The number of amides is 1. The van der Waals surface area contributed by atoms with Crippen molar-refractivity contribution in [3.8, 4) is 16.3 Å². The van der Waals surface area contributed by atoms with Crippen LogP contribution in [0.1, 0.15) is 38.7 Å². The zero-order valence-electron chi connectivity index (χ0n) is 17.2. The van der Waals surface area contributed by atoms with Crippen molar-refractivity contribution in [3.05, 3.63) is 98.9 Å². The van der Waals surface area contributed by atoms with Crippen molar-refractivity contribution in [2.75, 3.05) is 0 Å². The van der Waals surface area contributed by atoms with E-state index in [9.17, 15) is 23.2 Å². The zero-order chi connectivity index (χ0) is 23.5. The molecule has 7 nitrogen and oxygen atoms in total. The van der Waals surface area contributed by atoms with E-state index in [-0.39, 0.29) is 11.4 Å². The summed E-state index contributed by atoms with van der Waals surface area (Å²) in [6.45, 7) is 1.72. The minimum atomic E-state index is -0.651. The third-order valence-corrected chi connectivity index (χ3v) is 6.00. The average Bonchev–Trinajstić information content (AvgIpc) is 3.30. The van der Waals surface area contributed by atoms with Gasteiger partial charge in [0.1, 0.15) is 28.0 Å². The molecule has 10 heteroatoms. The SMILES string of the molecule is C[C@@H](NC(=O)c1ccc(=O)n(-c2ccccc2F)n1)c1cnc(-c2cc(F)ccc2C=O)s1. The van der Waals surface area contributed by atoms with Crippen molar-refractivity contribution in [3.63, 3.8) is 0 Å². The van der Waals surface area contributed by atoms with E-state index >= 15 is 0 Å². The Hall–Kier alpha value is -4.05. The van der Waals surface area contributed by atoms with Gasteiger partial charge in [0.2, 0.25) is 0 Å². The largest absolute Gasteiger partial charge is 0.343 e. The molecule has 0 radical (unpaired) electrons. The number of aromatic nitrogens is 3. The number of carbonyl (C=O) groups excluding carboxylic acids is 2. The van der Waals surface area contributed by atoms with Gasteiger partial charge in [-0.25, -0.2) is 13.8 Å². The van der Waals surface area contributed by atoms with Crippen molar-refractivity contribution in [1.82, 2.24) is 20.1 Å². The summed E-state index contributed by atoms with van der Waals surface area (Å²) in [6.07, 6.45) is 2.15. The Bertz CT molecular complexity index is 1420. The smallest absolute Gasteiger partial charge is 0.272 e. The number of para-hydroxylation sites is 1. The van der Waals surface area contributed by atoms with E-state index in [1.54, 1.807) is 13.0 Å². The molecule has 4 rings (SSSR count). The number of nitrogens with zero attached hydrogens (tertiary/aromatic N) is 3. The van der Waals surface area contributed by atoms with Crippen LogP contribution < -0.4 is 10.9 Å². The van der Waals surface area contributed by atoms with Crippen LogP contribution in [0.5, 0.6) is 0 Å². The molecule has 0 aliphatic rings. The van der Waals surface area contributed by atoms with Gasteiger partial charge in [-0.2, -0.15) is 9.78 Å². The van der Waals surface area contributed by atoms with Gasteiger partial charge in [0, 0.05) is 28.3 Å². The van der Waals surface area contributed by atoms with Gasteiger partial charge in [0.25, 0.3) is 11.5 Å². The van der Waals surface area contributed by atoms with Gasteiger partial charge in [-0.1, -0.05) is 12.1 Å². The molecule has 0 saturated heterocycles. The standard InChI is InChI=1S/C23H16F2N4O3S/c1-13(20-11-26-23(33-20)16-10-15(24)7-6-14(16)12-30)27-22(32)18-8-9-21(31)29(28-18)19-5-3-2-4-17(19)25/h2-13H,1H3,(H,27,32)/t13-/m1/s1. The summed E-state index contributed by atoms with van der Waals surface area (Å²) in [5.74, 6) is -1.73. The summed E-state index contributed by atoms with van der Waals surface area (Å²) >= 11 is 1.20. The lowest BCUT2D eigenvalue weighted by Gasteiger charge is -2.12. The summed E-state index contributed by atoms with van der Waals surface area (Å²) in [5.41, 5.74) is -0.0777. The first-order valence-corrected chi connectivity index (χ1v) is 10.6. The monoisotopic (exact) mass is 466 g/mol. The lowest BCUT2D eigenvalue weighted by molar-refractivity contribution is 0.0933. The Morgan fingerprint density at radius 2 is 1.94 bits per heavy atom. The molecule has 0 saturated carbocycles. The van der Waals surface area contributed by atoms with Gasteiger partial charge in [0.05, 0.1) is 6.04 Å². The summed E-state index contributed by atoms with van der Waals surface area (Å²) < 4.78 is 28.6. The van der Waals surface area contributed by atoms with E-state index in [0.717, 1.165) is 10.7 Å². The van der Waals surface area contributed by atoms with Gasteiger partial charge in [0.15, 0.2) is 6.29 Å². The van der Waals surface area contributed by atoms with Gasteiger partial charge < -0.3 is 5.32 Å². The third-order valence-electron chi connectivity index (χ3n) is 4.78. The Kier molecular flexibility index (Phi) is 6.18. The van der Waals surface area contributed by atoms with Crippen molar-refractivity contribution in [1.29, 1.82) is 0 Å². The van der Waals surface area contributed by atoms with Crippen molar-refractivity contribution < 1.29 is 18.4 Å². The van der Waals surface area contributed by atoms with Crippen LogP contribution in [-0.2, 0) is 0 Å². The van der Waals surface area contributed by atoms with Gasteiger partial charge in [-0.05, 0) is 43.3 Å². The molecule has 2 aromatic carbocycles. The van der Waals surface area contributed by atoms with Crippen LogP contribution in [0.3, 0.4) is 0 Å². The molecule has 0 aliphatic carbocycles. The number of hydrogen-bond donors (Lipinski definition) is 1.